The minimum Gasteiger partial charge on any atom is -0.465 e. The zero-order chi connectivity index (χ0) is 28.4. The summed E-state index contributed by atoms with van der Waals surface area (Å²) in [5, 5.41) is 12.7. The van der Waals surface area contributed by atoms with Crippen LogP contribution in [-0.4, -0.2) is 65.8 Å². The van der Waals surface area contributed by atoms with Crippen LogP contribution in [0.1, 0.15) is 54.9 Å². The number of ether oxygens (including phenoxy) is 4. The van der Waals surface area contributed by atoms with Crippen LogP contribution in [0.2, 0.25) is 0 Å². The van der Waals surface area contributed by atoms with Crippen LogP contribution in [0, 0.1) is 34.5 Å². The summed E-state index contributed by atoms with van der Waals surface area (Å²) in [5.41, 5.74) is -3.54. The van der Waals surface area contributed by atoms with E-state index in [1.54, 1.807) is 19.1 Å². The van der Waals surface area contributed by atoms with Crippen molar-refractivity contribution in [3.63, 3.8) is 0 Å². The van der Waals surface area contributed by atoms with Crippen LogP contribution < -0.4 is 0 Å². The first-order chi connectivity index (χ1) is 17.6. The molecule has 10 heteroatoms. The fourth-order valence-electron chi connectivity index (χ4n) is 7.53. The predicted octanol–water partition coefficient (Wildman–Crippen LogP) is 2.07. The minimum atomic E-state index is -2.19. The molecular formula is C28H36O10. The van der Waals surface area contributed by atoms with Crippen LogP contribution in [0.4, 0.5) is 0 Å². The summed E-state index contributed by atoms with van der Waals surface area (Å²) in [6.45, 7) is 10.2. The van der Waals surface area contributed by atoms with E-state index in [-0.39, 0.29) is 36.4 Å². The number of carbonyl (C=O) groups is 5. The maximum atomic E-state index is 14.7. The maximum absolute atomic E-state index is 14.7. The SMILES string of the molecule is CC(=O)OCC1=CC2C(=O)C3(C=C(C)C(OC(C)=O)C3(O)C1OC(C)=O)C(C)CC1C2C1(C)COC(C)=O. The molecule has 0 amide bonds. The fraction of sp³-hybridized carbons (Fsp3) is 0.679. The Labute approximate surface area is 221 Å². The molecule has 0 radical (unpaired) electrons. The summed E-state index contributed by atoms with van der Waals surface area (Å²) >= 11 is 0. The van der Waals surface area contributed by atoms with E-state index in [1.807, 2.05) is 13.8 Å². The lowest BCUT2D eigenvalue weighted by atomic mass is 9.59. The van der Waals surface area contributed by atoms with Crippen LogP contribution >= 0.6 is 0 Å². The Hall–Kier alpha value is -3.01. The molecule has 38 heavy (non-hydrogen) atoms. The van der Waals surface area contributed by atoms with Gasteiger partial charge in [-0.05, 0) is 36.7 Å². The van der Waals surface area contributed by atoms with Gasteiger partial charge in [-0.2, -0.15) is 0 Å². The molecule has 4 aliphatic rings. The van der Waals surface area contributed by atoms with E-state index in [1.165, 1.54) is 27.7 Å². The maximum Gasteiger partial charge on any atom is 0.303 e. The van der Waals surface area contributed by atoms with Crippen molar-refractivity contribution >= 4 is 29.7 Å². The van der Waals surface area contributed by atoms with Crippen LogP contribution in [0.25, 0.3) is 0 Å². The smallest absolute Gasteiger partial charge is 0.303 e. The second-order valence-corrected chi connectivity index (χ2v) is 11.5. The lowest BCUT2D eigenvalue weighted by Crippen LogP contribution is -2.66. The van der Waals surface area contributed by atoms with E-state index in [9.17, 15) is 29.1 Å². The minimum absolute atomic E-state index is 0.00703. The molecule has 0 aromatic carbocycles. The van der Waals surface area contributed by atoms with Crippen LogP contribution in [0.3, 0.4) is 0 Å². The summed E-state index contributed by atoms with van der Waals surface area (Å²) in [4.78, 5) is 62.6. The van der Waals surface area contributed by atoms with Gasteiger partial charge < -0.3 is 24.1 Å². The van der Waals surface area contributed by atoms with Gasteiger partial charge in [-0.3, -0.25) is 24.0 Å². The molecule has 4 rings (SSSR count). The molecule has 2 saturated carbocycles. The molecule has 9 atom stereocenters. The van der Waals surface area contributed by atoms with Gasteiger partial charge in [0, 0.05) is 44.6 Å². The fourth-order valence-corrected chi connectivity index (χ4v) is 7.53. The molecule has 0 heterocycles. The second kappa shape index (κ2) is 9.32. The number of aliphatic hydroxyl groups is 1. The molecule has 2 fully saturated rings. The molecule has 0 aromatic rings. The van der Waals surface area contributed by atoms with Crippen molar-refractivity contribution < 1.29 is 48.0 Å². The molecule has 2 bridgehead atoms. The number of Topliss-reactive ketones (excluding diaryl/α,β-unsaturated/α-hetero) is 1. The van der Waals surface area contributed by atoms with E-state index in [0.29, 0.717) is 12.0 Å². The first kappa shape index (κ1) is 28.0. The first-order valence-corrected chi connectivity index (χ1v) is 12.9. The van der Waals surface area contributed by atoms with Gasteiger partial charge in [-0.1, -0.05) is 26.0 Å². The Balaban J connectivity index is 1.95. The molecule has 10 nitrogen and oxygen atoms in total. The van der Waals surface area contributed by atoms with Crippen molar-refractivity contribution in [2.45, 2.75) is 72.7 Å². The largest absolute Gasteiger partial charge is 0.465 e. The van der Waals surface area contributed by atoms with Crippen molar-refractivity contribution in [2.24, 2.45) is 34.5 Å². The van der Waals surface area contributed by atoms with E-state index >= 15 is 0 Å². The number of carbonyl (C=O) groups excluding carboxylic acids is 5. The summed E-state index contributed by atoms with van der Waals surface area (Å²) in [6.07, 6.45) is 1.11. The van der Waals surface area contributed by atoms with Gasteiger partial charge in [0.15, 0.2) is 23.6 Å². The van der Waals surface area contributed by atoms with Gasteiger partial charge in [0.1, 0.15) is 6.61 Å². The standard InChI is InChI=1S/C28H36O10/c1-13-10-27-14(2)8-21-22(26(21,7)12-36-16(4)30)20(23(27)33)9-19(11-35-15(3)29)25(38-18(6)32)28(27,34)24(13)37-17(5)31/h9-10,14,20-22,24-25,34H,8,11-12H2,1-7H3. The van der Waals surface area contributed by atoms with Gasteiger partial charge in [0.2, 0.25) is 0 Å². The van der Waals surface area contributed by atoms with Crippen LogP contribution in [-0.2, 0) is 42.9 Å². The zero-order valence-electron chi connectivity index (χ0n) is 22.9. The second-order valence-electron chi connectivity index (χ2n) is 11.5. The van der Waals surface area contributed by atoms with Gasteiger partial charge in [0.05, 0.1) is 12.0 Å². The Morgan fingerprint density at radius 2 is 1.55 bits per heavy atom. The summed E-state index contributed by atoms with van der Waals surface area (Å²) in [5.74, 6) is -4.18. The average Bonchev–Trinajstić information content (AvgIpc) is 3.34. The van der Waals surface area contributed by atoms with E-state index in [2.05, 4.69) is 0 Å². The molecule has 0 saturated heterocycles. The van der Waals surface area contributed by atoms with Crippen molar-refractivity contribution in [2.75, 3.05) is 13.2 Å². The summed E-state index contributed by atoms with van der Waals surface area (Å²) in [7, 11) is 0. The number of ketones is 1. The Morgan fingerprint density at radius 1 is 0.974 bits per heavy atom. The molecule has 0 aliphatic heterocycles. The summed E-state index contributed by atoms with van der Waals surface area (Å²) < 4.78 is 22.0. The summed E-state index contributed by atoms with van der Waals surface area (Å²) in [6, 6.07) is 0. The lowest BCUT2D eigenvalue weighted by molar-refractivity contribution is -0.211. The first-order valence-electron chi connectivity index (χ1n) is 12.9. The Morgan fingerprint density at radius 3 is 2.11 bits per heavy atom. The van der Waals surface area contributed by atoms with Crippen molar-refractivity contribution in [3.8, 4) is 0 Å². The molecule has 4 aliphatic carbocycles. The normalized spacial score (nSPS) is 40.8. The third-order valence-corrected chi connectivity index (χ3v) is 9.07. The van der Waals surface area contributed by atoms with Crippen LogP contribution in [0.5, 0.6) is 0 Å². The Bertz CT molecular complexity index is 1150. The zero-order valence-corrected chi connectivity index (χ0v) is 22.9. The highest BCUT2D eigenvalue weighted by Crippen LogP contribution is 2.72. The van der Waals surface area contributed by atoms with Gasteiger partial charge in [-0.25, -0.2) is 0 Å². The number of fused-ring (bicyclic) bond motifs is 3. The quantitative estimate of drug-likeness (QED) is 0.307. The molecule has 1 N–H and O–H groups in total. The molecular weight excluding hydrogens is 496 g/mol. The van der Waals surface area contributed by atoms with Crippen molar-refractivity contribution in [3.05, 3.63) is 23.3 Å². The van der Waals surface area contributed by atoms with Crippen LogP contribution in [0.15, 0.2) is 23.3 Å². The highest BCUT2D eigenvalue weighted by atomic mass is 16.6. The third-order valence-electron chi connectivity index (χ3n) is 9.07. The number of hydrogen-bond acceptors (Lipinski definition) is 10. The van der Waals surface area contributed by atoms with E-state index in [4.69, 9.17) is 18.9 Å². The van der Waals surface area contributed by atoms with E-state index < -0.39 is 64.4 Å². The highest BCUT2D eigenvalue weighted by Gasteiger charge is 2.78. The predicted molar refractivity (Wildman–Crippen MR) is 131 cm³/mol. The number of allylic oxidation sites excluding steroid dienone is 1. The van der Waals surface area contributed by atoms with Crippen molar-refractivity contribution in [1.29, 1.82) is 0 Å². The monoisotopic (exact) mass is 532 g/mol. The number of esters is 4. The van der Waals surface area contributed by atoms with Crippen molar-refractivity contribution in [1.82, 2.24) is 0 Å². The number of rotatable bonds is 6. The van der Waals surface area contributed by atoms with E-state index in [0.717, 1.165) is 0 Å². The molecule has 0 aromatic heterocycles. The highest BCUT2D eigenvalue weighted by molar-refractivity contribution is 5.95. The average molecular weight is 533 g/mol. The topological polar surface area (TPSA) is 143 Å². The third kappa shape index (κ3) is 3.99. The molecule has 208 valence electrons. The Kier molecular flexibility index (Phi) is 6.87. The van der Waals surface area contributed by atoms with Gasteiger partial charge >= 0.3 is 23.9 Å². The molecule has 1 spiro atoms. The molecule has 9 unspecified atom stereocenters. The lowest BCUT2D eigenvalue weighted by Gasteiger charge is -2.49. The number of hydrogen-bond donors (Lipinski definition) is 1. The van der Waals surface area contributed by atoms with Gasteiger partial charge in [-0.15, -0.1) is 0 Å². The van der Waals surface area contributed by atoms with Gasteiger partial charge in [0.25, 0.3) is 0 Å².